The predicted molar refractivity (Wildman–Crippen MR) is 80.2 cm³/mol. The van der Waals surface area contributed by atoms with Gasteiger partial charge in [0.2, 0.25) is 0 Å². The van der Waals surface area contributed by atoms with Gasteiger partial charge in [-0.05, 0) is 37.1 Å². The summed E-state index contributed by atoms with van der Waals surface area (Å²) >= 11 is 0. The van der Waals surface area contributed by atoms with E-state index in [-0.39, 0.29) is 5.82 Å². The molecule has 106 valence electrons. The van der Waals surface area contributed by atoms with Crippen LogP contribution in [0.5, 0.6) is 0 Å². The van der Waals surface area contributed by atoms with Crippen LogP contribution in [-0.2, 0) is 17.9 Å². The van der Waals surface area contributed by atoms with Gasteiger partial charge < -0.3 is 10.1 Å². The Hall–Kier alpha value is -1.87. The molecular weight excluding hydrogens is 253 g/mol. The summed E-state index contributed by atoms with van der Waals surface area (Å²) in [6.45, 7) is 5.62. The summed E-state index contributed by atoms with van der Waals surface area (Å²) in [4.78, 5) is 0. The van der Waals surface area contributed by atoms with Gasteiger partial charge in [0.15, 0.2) is 0 Å². The minimum atomic E-state index is -0.160. The lowest BCUT2D eigenvalue weighted by Crippen LogP contribution is -2.04. The number of halogens is 1. The Balaban J connectivity index is 2.04. The standard InChI is InChI=1S/C17H20FNO/c1-3-20-12-15-6-4-5-7-17(15)19-11-14-9-8-13(2)16(18)10-14/h4-10,19H,3,11-12H2,1-2H3. The van der Waals surface area contributed by atoms with E-state index in [4.69, 9.17) is 4.74 Å². The summed E-state index contributed by atoms with van der Waals surface area (Å²) < 4.78 is 19.0. The van der Waals surface area contributed by atoms with Crippen LogP contribution in [0.3, 0.4) is 0 Å². The van der Waals surface area contributed by atoms with Crippen molar-refractivity contribution in [1.82, 2.24) is 0 Å². The number of para-hydroxylation sites is 1. The molecule has 0 heterocycles. The zero-order valence-corrected chi connectivity index (χ0v) is 11.9. The predicted octanol–water partition coefficient (Wildman–Crippen LogP) is 4.28. The Morgan fingerprint density at radius 3 is 2.70 bits per heavy atom. The van der Waals surface area contributed by atoms with E-state index >= 15 is 0 Å². The SMILES string of the molecule is CCOCc1ccccc1NCc1ccc(C)c(F)c1. The first kappa shape index (κ1) is 14.5. The summed E-state index contributed by atoms with van der Waals surface area (Å²) in [6.07, 6.45) is 0. The first-order valence-electron chi connectivity index (χ1n) is 6.85. The van der Waals surface area contributed by atoms with Crippen LogP contribution in [0.2, 0.25) is 0 Å². The highest BCUT2D eigenvalue weighted by Gasteiger charge is 2.03. The Bertz CT molecular complexity index is 569. The summed E-state index contributed by atoms with van der Waals surface area (Å²) in [5.41, 5.74) is 3.74. The number of hydrogen-bond donors (Lipinski definition) is 1. The fourth-order valence-corrected chi connectivity index (χ4v) is 1.97. The fraction of sp³-hybridized carbons (Fsp3) is 0.294. The second-order valence-electron chi connectivity index (χ2n) is 4.73. The smallest absolute Gasteiger partial charge is 0.126 e. The van der Waals surface area contributed by atoms with E-state index in [9.17, 15) is 4.39 Å². The van der Waals surface area contributed by atoms with Gasteiger partial charge in [-0.25, -0.2) is 4.39 Å². The van der Waals surface area contributed by atoms with Gasteiger partial charge in [-0.3, -0.25) is 0 Å². The fourth-order valence-electron chi connectivity index (χ4n) is 1.97. The van der Waals surface area contributed by atoms with Crippen molar-refractivity contribution in [2.24, 2.45) is 0 Å². The second-order valence-corrected chi connectivity index (χ2v) is 4.73. The molecule has 0 fully saturated rings. The van der Waals surface area contributed by atoms with Crippen molar-refractivity contribution in [3.05, 3.63) is 65.0 Å². The number of nitrogens with one attached hydrogen (secondary N) is 1. The third-order valence-corrected chi connectivity index (χ3v) is 3.20. The molecule has 1 N–H and O–H groups in total. The van der Waals surface area contributed by atoms with Crippen molar-refractivity contribution in [2.45, 2.75) is 27.0 Å². The van der Waals surface area contributed by atoms with Crippen LogP contribution in [0.15, 0.2) is 42.5 Å². The van der Waals surface area contributed by atoms with E-state index in [0.29, 0.717) is 25.3 Å². The van der Waals surface area contributed by atoms with Crippen molar-refractivity contribution >= 4 is 5.69 Å². The summed E-state index contributed by atoms with van der Waals surface area (Å²) in [5.74, 6) is -0.160. The van der Waals surface area contributed by atoms with Crippen LogP contribution >= 0.6 is 0 Å². The van der Waals surface area contributed by atoms with E-state index in [1.165, 1.54) is 0 Å². The number of benzene rings is 2. The number of aryl methyl sites for hydroxylation is 1. The highest BCUT2D eigenvalue weighted by Crippen LogP contribution is 2.18. The number of hydrogen-bond acceptors (Lipinski definition) is 2. The van der Waals surface area contributed by atoms with E-state index in [1.54, 1.807) is 19.1 Å². The monoisotopic (exact) mass is 273 g/mol. The van der Waals surface area contributed by atoms with Crippen LogP contribution in [0.25, 0.3) is 0 Å². The number of rotatable bonds is 6. The first-order chi connectivity index (χ1) is 9.70. The van der Waals surface area contributed by atoms with Gasteiger partial charge in [0.25, 0.3) is 0 Å². The van der Waals surface area contributed by atoms with Crippen molar-refractivity contribution < 1.29 is 9.13 Å². The average molecular weight is 273 g/mol. The van der Waals surface area contributed by atoms with Crippen LogP contribution in [0, 0.1) is 12.7 Å². The van der Waals surface area contributed by atoms with E-state index in [2.05, 4.69) is 5.32 Å². The lowest BCUT2D eigenvalue weighted by molar-refractivity contribution is 0.134. The van der Waals surface area contributed by atoms with Gasteiger partial charge in [0.05, 0.1) is 6.61 Å². The van der Waals surface area contributed by atoms with Crippen molar-refractivity contribution in [1.29, 1.82) is 0 Å². The molecule has 2 aromatic carbocycles. The molecule has 0 aromatic heterocycles. The molecule has 0 aliphatic rings. The zero-order valence-electron chi connectivity index (χ0n) is 11.9. The maximum atomic E-state index is 13.5. The molecule has 0 radical (unpaired) electrons. The molecule has 0 atom stereocenters. The number of ether oxygens (including phenoxy) is 1. The topological polar surface area (TPSA) is 21.3 Å². The maximum absolute atomic E-state index is 13.5. The third-order valence-electron chi connectivity index (χ3n) is 3.20. The van der Waals surface area contributed by atoms with E-state index in [1.807, 2.05) is 37.3 Å². The van der Waals surface area contributed by atoms with Gasteiger partial charge in [-0.15, -0.1) is 0 Å². The van der Waals surface area contributed by atoms with Gasteiger partial charge >= 0.3 is 0 Å². The first-order valence-corrected chi connectivity index (χ1v) is 6.85. The molecule has 3 heteroatoms. The summed E-state index contributed by atoms with van der Waals surface area (Å²) in [5, 5.41) is 3.34. The van der Waals surface area contributed by atoms with Crippen LogP contribution < -0.4 is 5.32 Å². The van der Waals surface area contributed by atoms with Crippen LogP contribution in [0.1, 0.15) is 23.6 Å². The molecule has 2 rings (SSSR count). The summed E-state index contributed by atoms with van der Waals surface area (Å²) in [7, 11) is 0. The molecule has 20 heavy (non-hydrogen) atoms. The van der Waals surface area contributed by atoms with Gasteiger partial charge in [-0.1, -0.05) is 30.3 Å². The second kappa shape index (κ2) is 7.06. The highest BCUT2D eigenvalue weighted by molar-refractivity contribution is 5.51. The highest BCUT2D eigenvalue weighted by atomic mass is 19.1. The van der Waals surface area contributed by atoms with Gasteiger partial charge in [-0.2, -0.15) is 0 Å². The Morgan fingerprint density at radius 2 is 1.95 bits per heavy atom. The van der Waals surface area contributed by atoms with Crippen molar-refractivity contribution in [3.63, 3.8) is 0 Å². The van der Waals surface area contributed by atoms with Gasteiger partial charge in [0, 0.05) is 24.4 Å². The molecule has 0 saturated heterocycles. The van der Waals surface area contributed by atoms with E-state index < -0.39 is 0 Å². The van der Waals surface area contributed by atoms with Crippen molar-refractivity contribution in [3.8, 4) is 0 Å². The van der Waals surface area contributed by atoms with E-state index in [0.717, 1.165) is 16.8 Å². The summed E-state index contributed by atoms with van der Waals surface area (Å²) in [6, 6.07) is 13.3. The molecule has 2 aromatic rings. The van der Waals surface area contributed by atoms with Gasteiger partial charge in [0.1, 0.15) is 5.82 Å². The maximum Gasteiger partial charge on any atom is 0.126 e. The number of anilines is 1. The average Bonchev–Trinajstić information content (AvgIpc) is 2.47. The van der Waals surface area contributed by atoms with Crippen molar-refractivity contribution in [2.75, 3.05) is 11.9 Å². The third kappa shape index (κ3) is 3.81. The van der Waals surface area contributed by atoms with Crippen LogP contribution in [0.4, 0.5) is 10.1 Å². The minimum absolute atomic E-state index is 0.160. The lowest BCUT2D eigenvalue weighted by Gasteiger charge is -2.12. The largest absolute Gasteiger partial charge is 0.381 e. The Kier molecular flexibility index (Phi) is 5.13. The molecule has 2 nitrogen and oxygen atoms in total. The zero-order chi connectivity index (χ0) is 14.4. The molecule has 0 spiro atoms. The lowest BCUT2D eigenvalue weighted by atomic mass is 10.1. The molecule has 0 amide bonds. The Morgan fingerprint density at radius 1 is 1.15 bits per heavy atom. The molecule has 0 aliphatic carbocycles. The minimum Gasteiger partial charge on any atom is -0.381 e. The quantitative estimate of drug-likeness (QED) is 0.848. The molecule has 0 unspecified atom stereocenters. The Labute approximate surface area is 119 Å². The normalized spacial score (nSPS) is 10.6. The molecule has 0 aliphatic heterocycles. The van der Waals surface area contributed by atoms with Crippen LogP contribution in [-0.4, -0.2) is 6.61 Å². The molecule has 0 saturated carbocycles. The molecule has 0 bridgehead atoms. The molecular formula is C17H20FNO.